The Bertz CT molecular complexity index is 266. The van der Waals surface area contributed by atoms with Gasteiger partial charge in [-0.2, -0.15) is 0 Å². The summed E-state index contributed by atoms with van der Waals surface area (Å²) in [5.41, 5.74) is 10.7. The number of hydrogen-bond acceptors (Lipinski definition) is 4. The van der Waals surface area contributed by atoms with Crippen molar-refractivity contribution in [2.45, 2.75) is 6.17 Å². The Balaban J connectivity index is 3.07. The van der Waals surface area contributed by atoms with Crippen molar-refractivity contribution in [2.75, 3.05) is 0 Å². The van der Waals surface area contributed by atoms with Gasteiger partial charge in [0, 0.05) is 6.07 Å². The van der Waals surface area contributed by atoms with E-state index in [2.05, 4.69) is 4.42 Å². The Morgan fingerprint density at radius 3 is 2.60 bits per heavy atom. The van der Waals surface area contributed by atoms with Gasteiger partial charge in [-0.3, -0.25) is 0 Å². The van der Waals surface area contributed by atoms with Crippen LogP contribution >= 0.6 is 0 Å². The Hall–Kier alpha value is -1.13. The molecule has 1 aromatic heterocycles. The van der Waals surface area contributed by atoms with Crippen LogP contribution in [0.15, 0.2) is 27.6 Å². The standard InChI is InChI=1S/C6H8N2O2/c7-6(8)4-1-2-10-5(9)3-4/h1-3,6H,7-8H2. The minimum atomic E-state index is -0.607. The summed E-state index contributed by atoms with van der Waals surface area (Å²) in [6.45, 7) is 0. The topological polar surface area (TPSA) is 82.2 Å². The summed E-state index contributed by atoms with van der Waals surface area (Å²) in [5, 5.41) is 0. The van der Waals surface area contributed by atoms with E-state index in [0.29, 0.717) is 5.56 Å². The molecule has 0 saturated carbocycles. The van der Waals surface area contributed by atoms with Crippen LogP contribution in [0.4, 0.5) is 0 Å². The van der Waals surface area contributed by atoms with Crippen LogP contribution in [0.2, 0.25) is 0 Å². The average molecular weight is 140 g/mol. The Morgan fingerprint density at radius 2 is 2.20 bits per heavy atom. The lowest BCUT2D eigenvalue weighted by molar-refractivity contribution is 0.505. The van der Waals surface area contributed by atoms with E-state index in [1.165, 1.54) is 12.3 Å². The Kier molecular flexibility index (Phi) is 1.84. The van der Waals surface area contributed by atoms with Crippen LogP contribution in [-0.2, 0) is 0 Å². The SMILES string of the molecule is NC(N)c1ccoc(=O)c1. The molecule has 0 aromatic carbocycles. The Labute approximate surface area is 57.4 Å². The number of hydrogen-bond donors (Lipinski definition) is 2. The van der Waals surface area contributed by atoms with Crippen molar-refractivity contribution in [1.82, 2.24) is 0 Å². The fraction of sp³-hybridized carbons (Fsp3) is 0.167. The first-order valence-electron chi connectivity index (χ1n) is 2.80. The minimum Gasteiger partial charge on any atom is -0.431 e. The second-order valence-electron chi connectivity index (χ2n) is 1.91. The van der Waals surface area contributed by atoms with Crippen LogP contribution in [0.5, 0.6) is 0 Å². The maximum atomic E-state index is 10.5. The van der Waals surface area contributed by atoms with Crippen molar-refractivity contribution in [3.8, 4) is 0 Å². The van der Waals surface area contributed by atoms with Crippen LogP contribution in [0.25, 0.3) is 0 Å². The zero-order valence-electron chi connectivity index (χ0n) is 5.28. The lowest BCUT2D eigenvalue weighted by atomic mass is 10.2. The van der Waals surface area contributed by atoms with Gasteiger partial charge in [-0.05, 0) is 11.6 Å². The highest BCUT2D eigenvalue weighted by Crippen LogP contribution is 1.98. The molecule has 1 aromatic rings. The summed E-state index contributed by atoms with van der Waals surface area (Å²) >= 11 is 0. The van der Waals surface area contributed by atoms with Crippen molar-refractivity contribution >= 4 is 0 Å². The molecule has 0 fully saturated rings. The summed E-state index contributed by atoms with van der Waals surface area (Å²) in [4.78, 5) is 10.5. The van der Waals surface area contributed by atoms with E-state index < -0.39 is 11.8 Å². The molecule has 0 unspecified atom stereocenters. The molecular weight excluding hydrogens is 132 g/mol. The molecule has 1 heterocycles. The average Bonchev–Trinajstić information content (AvgIpc) is 1.88. The van der Waals surface area contributed by atoms with E-state index >= 15 is 0 Å². The fourth-order valence-corrected chi connectivity index (χ4v) is 0.605. The predicted octanol–water partition coefficient (Wildman–Crippen LogP) is -0.444. The van der Waals surface area contributed by atoms with Crippen molar-refractivity contribution in [3.05, 3.63) is 34.4 Å². The van der Waals surface area contributed by atoms with Gasteiger partial charge in [-0.1, -0.05) is 0 Å². The van der Waals surface area contributed by atoms with Gasteiger partial charge in [0.25, 0.3) is 0 Å². The zero-order valence-corrected chi connectivity index (χ0v) is 5.28. The highest BCUT2D eigenvalue weighted by Gasteiger charge is 1.98. The van der Waals surface area contributed by atoms with Gasteiger partial charge in [0.2, 0.25) is 0 Å². The van der Waals surface area contributed by atoms with E-state index in [0.717, 1.165) is 0 Å². The van der Waals surface area contributed by atoms with Crippen LogP contribution in [0.3, 0.4) is 0 Å². The first kappa shape index (κ1) is 6.98. The zero-order chi connectivity index (χ0) is 7.56. The van der Waals surface area contributed by atoms with Crippen molar-refractivity contribution < 1.29 is 4.42 Å². The van der Waals surface area contributed by atoms with E-state index in [-0.39, 0.29) is 0 Å². The normalized spacial score (nSPS) is 10.3. The lowest BCUT2D eigenvalue weighted by Gasteiger charge is -2.01. The summed E-state index contributed by atoms with van der Waals surface area (Å²) in [7, 11) is 0. The van der Waals surface area contributed by atoms with Crippen LogP contribution < -0.4 is 17.1 Å². The molecule has 10 heavy (non-hydrogen) atoms. The van der Waals surface area contributed by atoms with Crippen LogP contribution in [0.1, 0.15) is 11.7 Å². The molecule has 0 saturated heterocycles. The quantitative estimate of drug-likeness (QED) is 0.518. The maximum Gasteiger partial charge on any atom is 0.335 e. The van der Waals surface area contributed by atoms with Gasteiger partial charge in [0.15, 0.2) is 0 Å². The number of nitrogens with two attached hydrogens (primary N) is 2. The molecule has 4 heteroatoms. The largest absolute Gasteiger partial charge is 0.431 e. The number of rotatable bonds is 1. The maximum absolute atomic E-state index is 10.5. The van der Waals surface area contributed by atoms with Crippen molar-refractivity contribution in [2.24, 2.45) is 11.5 Å². The molecule has 0 spiro atoms. The summed E-state index contributed by atoms with van der Waals surface area (Å²) in [6, 6.07) is 2.83. The predicted molar refractivity (Wildman–Crippen MR) is 36.1 cm³/mol. The molecule has 4 N–H and O–H groups in total. The van der Waals surface area contributed by atoms with E-state index in [9.17, 15) is 4.79 Å². The molecule has 54 valence electrons. The molecule has 0 bridgehead atoms. The van der Waals surface area contributed by atoms with Gasteiger partial charge in [0.05, 0.1) is 12.4 Å². The molecule has 0 radical (unpaired) electrons. The summed E-state index contributed by atoms with van der Waals surface area (Å²) < 4.78 is 4.45. The van der Waals surface area contributed by atoms with Gasteiger partial charge in [-0.25, -0.2) is 4.79 Å². The molecular formula is C6H8N2O2. The van der Waals surface area contributed by atoms with Crippen molar-refractivity contribution in [3.63, 3.8) is 0 Å². The molecule has 4 nitrogen and oxygen atoms in total. The van der Waals surface area contributed by atoms with Crippen LogP contribution in [0, 0.1) is 0 Å². The van der Waals surface area contributed by atoms with E-state index in [4.69, 9.17) is 11.5 Å². The summed E-state index contributed by atoms with van der Waals surface area (Å²) in [5.74, 6) is 0. The minimum absolute atomic E-state index is 0.432. The van der Waals surface area contributed by atoms with Crippen LogP contribution in [-0.4, -0.2) is 0 Å². The van der Waals surface area contributed by atoms with Gasteiger partial charge < -0.3 is 15.9 Å². The fourth-order valence-electron chi connectivity index (χ4n) is 0.605. The third kappa shape index (κ3) is 1.43. The van der Waals surface area contributed by atoms with E-state index in [1.807, 2.05) is 0 Å². The third-order valence-corrected chi connectivity index (χ3v) is 1.11. The van der Waals surface area contributed by atoms with E-state index in [1.54, 1.807) is 6.07 Å². The first-order chi connectivity index (χ1) is 4.70. The Morgan fingerprint density at radius 1 is 1.50 bits per heavy atom. The second kappa shape index (κ2) is 2.64. The molecule has 0 aliphatic heterocycles. The monoisotopic (exact) mass is 140 g/mol. The highest BCUT2D eigenvalue weighted by molar-refractivity contribution is 5.11. The molecule has 0 amide bonds. The van der Waals surface area contributed by atoms with Crippen molar-refractivity contribution in [1.29, 1.82) is 0 Å². The van der Waals surface area contributed by atoms with Gasteiger partial charge >= 0.3 is 5.63 Å². The molecule has 1 rings (SSSR count). The van der Waals surface area contributed by atoms with Gasteiger partial charge in [-0.15, -0.1) is 0 Å². The highest BCUT2D eigenvalue weighted by atomic mass is 16.4. The summed E-state index contributed by atoms with van der Waals surface area (Å²) in [6.07, 6.45) is 0.661. The second-order valence-corrected chi connectivity index (χ2v) is 1.91. The first-order valence-corrected chi connectivity index (χ1v) is 2.80. The lowest BCUT2D eigenvalue weighted by Crippen LogP contribution is -2.21. The smallest absolute Gasteiger partial charge is 0.335 e. The van der Waals surface area contributed by atoms with Gasteiger partial charge in [0.1, 0.15) is 0 Å². The molecule has 0 aliphatic rings. The molecule has 0 atom stereocenters. The third-order valence-electron chi connectivity index (χ3n) is 1.11. The molecule has 0 aliphatic carbocycles.